The molecule has 0 N–H and O–H groups in total. The molecule has 0 amide bonds. The molecule has 4 heteroatoms. The fourth-order valence-electron chi connectivity index (χ4n) is 1.61. The molecular formula is C12H12Cl2Si2. The first kappa shape index (κ1) is 11.9. The summed E-state index contributed by atoms with van der Waals surface area (Å²) in [5, 5.41) is 2.50. The zero-order valence-electron chi connectivity index (χ0n) is 8.68. The van der Waals surface area contributed by atoms with Crippen molar-refractivity contribution in [2.45, 2.75) is 0 Å². The Hall–Kier alpha value is -0.546. The molecule has 0 saturated heterocycles. The topological polar surface area (TPSA) is 0 Å². The Morgan fingerprint density at radius 1 is 0.562 bits per heavy atom. The average Bonchev–Trinajstić information content (AvgIpc) is 2.39. The van der Waals surface area contributed by atoms with E-state index in [1.165, 1.54) is 10.4 Å². The van der Waals surface area contributed by atoms with Crippen molar-refractivity contribution < 1.29 is 0 Å². The van der Waals surface area contributed by atoms with Crippen LogP contribution < -0.4 is 10.4 Å². The van der Waals surface area contributed by atoms with E-state index in [0.717, 1.165) is 0 Å². The molecule has 16 heavy (non-hydrogen) atoms. The summed E-state index contributed by atoms with van der Waals surface area (Å²) in [4.78, 5) is 0. The highest BCUT2D eigenvalue weighted by atomic mass is 35.6. The normalized spacial score (nSPS) is 14.4. The van der Waals surface area contributed by atoms with E-state index < -0.39 is 15.2 Å². The molecular weight excluding hydrogens is 271 g/mol. The lowest BCUT2D eigenvalue weighted by Gasteiger charge is -2.13. The zero-order chi connectivity index (χ0) is 11.4. The predicted octanol–water partition coefficient (Wildman–Crippen LogP) is 1.80. The third kappa shape index (κ3) is 2.77. The molecule has 0 bridgehead atoms. The summed E-state index contributed by atoms with van der Waals surface area (Å²) in [5.41, 5.74) is 0. The van der Waals surface area contributed by atoms with Crippen LogP contribution in [0.1, 0.15) is 0 Å². The van der Waals surface area contributed by atoms with Gasteiger partial charge in [-0.1, -0.05) is 60.7 Å². The Labute approximate surface area is 108 Å². The van der Waals surface area contributed by atoms with Crippen LogP contribution in [-0.2, 0) is 0 Å². The maximum absolute atomic E-state index is 6.56. The van der Waals surface area contributed by atoms with Gasteiger partial charge in [0, 0.05) is 0 Å². The Bertz CT molecular complexity index is 390. The minimum absolute atomic E-state index is 1.25. The van der Waals surface area contributed by atoms with E-state index in [1.54, 1.807) is 0 Å². The molecule has 0 radical (unpaired) electrons. The number of hydrogen-bond acceptors (Lipinski definition) is 0. The smallest absolute Gasteiger partial charge is 0.167 e. The van der Waals surface area contributed by atoms with Crippen LogP contribution in [-0.4, -0.2) is 15.2 Å². The highest BCUT2D eigenvalue weighted by molar-refractivity contribution is 7.63. The Morgan fingerprint density at radius 2 is 0.875 bits per heavy atom. The summed E-state index contributed by atoms with van der Waals surface area (Å²) in [7, 11) is -3.01. The van der Waals surface area contributed by atoms with Gasteiger partial charge >= 0.3 is 0 Å². The van der Waals surface area contributed by atoms with Crippen molar-refractivity contribution in [3.05, 3.63) is 60.7 Å². The Balaban J connectivity index is 2.20. The van der Waals surface area contributed by atoms with Gasteiger partial charge in [-0.2, -0.15) is 22.2 Å². The monoisotopic (exact) mass is 282 g/mol. The van der Waals surface area contributed by atoms with Gasteiger partial charge in [0.15, 0.2) is 15.2 Å². The molecule has 0 aliphatic rings. The average molecular weight is 283 g/mol. The quantitative estimate of drug-likeness (QED) is 0.595. The molecule has 2 rings (SSSR count). The maximum Gasteiger partial charge on any atom is 0.181 e. The third-order valence-electron chi connectivity index (χ3n) is 2.49. The summed E-state index contributed by atoms with van der Waals surface area (Å²) in [6.07, 6.45) is 0. The van der Waals surface area contributed by atoms with Crippen molar-refractivity contribution >= 4 is 47.8 Å². The van der Waals surface area contributed by atoms with Crippen LogP contribution in [0.2, 0.25) is 0 Å². The van der Waals surface area contributed by atoms with Crippen LogP contribution in [0, 0.1) is 0 Å². The Kier molecular flexibility index (Phi) is 4.24. The van der Waals surface area contributed by atoms with Gasteiger partial charge < -0.3 is 0 Å². The maximum atomic E-state index is 6.56. The summed E-state index contributed by atoms with van der Waals surface area (Å²) < 4.78 is 0. The zero-order valence-corrected chi connectivity index (χ0v) is 12.5. The molecule has 0 aliphatic carbocycles. The highest BCUT2D eigenvalue weighted by Gasteiger charge is 2.24. The van der Waals surface area contributed by atoms with Gasteiger partial charge in [0.25, 0.3) is 0 Å². The number of rotatable bonds is 3. The molecule has 2 unspecified atom stereocenters. The van der Waals surface area contributed by atoms with Gasteiger partial charge in [-0.25, -0.2) is 0 Å². The van der Waals surface area contributed by atoms with Crippen LogP contribution in [0.3, 0.4) is 0 Å². The van der Waals surface area contributed by atoms with Crippen LogP contribution in [0.25, 0.3) is 0 Å². The van der Waals surface area contributed by atoms with Crippen LogP contribution in [0.15, 0.2) is 60.7 Å². The van der Waals surface area contributed by atoms with Crippen LogP contribution >= 0.6 is 22.2 Å². The predicted molar refractivity (Wildman–Crippen MR) is 78.2 cm³/mol. The van der Waals surface area contributed by atoms with E-state index in [9.17, 15) is 0 Å². The molecule has 2 aromatic carbocycles. The molecule has 0 spiro atoms. The molecule has 82 valence electrons. The van der Waals surface area contributed by atoms with E-state index >= 15 is 0 Å². The fraction of sp³-hybridized carbons (Fsp3) is 0. The van der Waals surface area contributed by atoms with Gasteiger partial charge in [-0.05, 0) is 10.4 Å². The van der Waals surface area contributed by atoms with Gasteiger partial charge in [-0.3, -0.25) is 0 Å². The first-order valence-corrected chi connectivity index (χ1v) is 12.5. The molecule has 0 nitrogen and oxygen atoms in total. The van der Waals surface area contributed by atoms with E-state index in [0.29, 0.717) is 0 Å². The largest absolute Gasteiger partial charge is 0.181 e. The van der Waals surface area contributed by atoms with E-state index in [2.05, 4.69) is 24.3 Å². The van der Waals surface area contributed by atoms with Crippen molar-refractivity contribution in [2.24, 2.45) is 0 Å². The molecule has 0 heterocycles. The van der Waals surface area contributed by atoms with E-state index in [-0.39, 0.29) is 0 Å². The summed E-state index contributed by atoms with van der Waals surface area (Å²) in [5.74, 6) is 0. The number of halogens is 2. The lowest BCUT2D eigenvalue weighted by Crippen LogP contribution is -2.45. The van der Waals surface area contributed by atoms with Gasteiger partial charge in [0.05, 0.1) is 0 Å². The second-order valence-corrected chi connectivity index (χ2v) is 15.9. The number of hydrogen-bond donors (Lipinski definition) is 0. The second-order valence-electron chi connectivity index (χ2n) is 3.62. The van der Waals surface area contributed by atoms with Gasteiger partial charge in [-0.15, -0.1) is 0 Å². The minimum atomic E-state index is -1.50. The van der Waals surface area contributed by atoms with Crippen molar-refractivity contribution in [1.29, 1.82) is 0 Å². The van der Waals surface area contributed by atoms with Crippen molar-refractivity contribution in [2.75, 3.05) is 0 Å². The SMILES string of the molecule is Cl[SiH](c1ccccc1)[SiH](Cl)c1ccccc1. The van der Waals surface area contributed by atoms with Crippen LogP contribution in [0.5, 0.6) is 0 Å². The molecule has 0 aliphatic heterocycles. The molecule has 0 aromatic heterocycles. The van der Waals surface area contributed by atoms with Gasteiger partial charge in [0.2, 0.25) is 0 Å². The van der Waals surface area contributed by atoms with Crippen molar-refractivity contribution in [1.82, 2.24) is 0 Å². The lowest BCUT2D eigenvalue weighted by atomic mass is 10.4. The molecule has 2 aromatic rings. The summed E-state index contributed by atoms with van der Waals surface area (Å²) in [6.45, 7) is 0. The minimum Gasteiger partial charge on any atom is -0.167 e. The third-order valence-corrected chi connectivity index (χ3v) is 16.1. The van der Waals surface area contributed by atoms with E-state index in [1.807, 2.05) is 36.4 Å². The molecule has 0 fully saturated rings. The molecule has 2 atom stereocenters. The standard InChI is InChI=1S/C12H12Cl2Si2/c13-15(11-7-3-1-4-8-11)16(14)12-9-5-2-6-10-12/h1-10,15-16H. The van der Waals surface area contributed by atoms with E-state index in [4.69, 9.17) is 22.2 Å². The molecule has 0 saturated carbocycles. The Morgan fingerprint density at radius 3 is 1.19 bits per heavy atom. The van der Waals surface area contributed by atoms with Crippen molar-refractivity contribution in [3.63, 3.8) is 0 Å². The summed E-state index contributed by atoms with van der Waals surface area (Å²) in [6, 6.07) is 20.5. The first-order chi connectivity index (χ1) is 7.79. The van der Waals surface area contributed by atoms with Crippen LogP contribution in [0.4, 0.5) is 0 Å². The first-order valence-electron chi connectivity index (χ1n) is 5.17. The fourth-order valence-corrected chi connectivity index (χ4v) is 10.3. The highest BCUT2D eigenvalue weighted by Crippen LogP contribution is 2.03. The summed E-state index contributed by atoms with van der Waals surface area (Å²) >= 11 is 13.1. The second kappa shape index (κ2) is 5.68. The lowest BCUT2D eigenvalue weighted by molar-refractivity contribution is 1.76. The van der Waals surface area contributed by atoms with Gasteiger partial charge in [0.1, 0.15) is 0 Å². The van der Waals surface area contributed by atoms with Crippen molar-refractivity contribution in [3.8, 4) is 0 Å². The number of benzene rings is 2.